The fraction of sp³-hybridized carbons (Fsp3) is 0.250. The number of imidazole rings is 1. The smallest absolute Gasteiger partial charge is 0.136 e. The summed E-state index contributed by atoms with van der Waals surface area (Å²) in [4.78, 5) is 5.77. The lowest BCUT2D eigenvalue weighted by Gasteiger charge is -2.13. The highest BCUT2D eigenvalue weighted by atomic mass is 35.5. The molecule has 0 aliphatic carbocycles. The van der Waals surface area contributed by atoms with Gasteiger partial charge in [-0.2, -0.15) is 0 Å². The Morgan fingerprint density at radius 3 is 2.52 bits per heavy atom. The minimum Gasteiger partial charge on any atom is -0.388 e. The summed E-state index contributed by atoms with van der Waals surface area (Å²) in [6, 6.07) is 18.0. The van der Waals surface area contributed by atoms with Crippen LogP contribution in [0.1, 0.15) is 36.8 Å². The molecule has 0 saturated heterocycles. The highest BCUT2D eigenvalue weighted by Crippen LogP contribution is 2.36. The standard InChI is InChI=1S/C20H21ClN2OS/c1-14(2)19-20(25-17-10-6-9-16(21)11-17)23(18(13-24)22-19)12-15-7-4-3-5-8-15/h3-11,14,24H,12-13H2,1-2H3. The van der Waals surface area contributed by atoms with E-state index in [1.54, 1.807) is 11.8 Å². The molecule has 0 saturated carbocycles. The number of aromatic nitrogens is 2. The summed E-state index contributed by atoms with van der Waals surface area (Å²) >= 11 is 7.78. The van der Waals surface area contributed by atoms with Crippen LogP contribution >= 0.6 is 23.4 Å². The van der Waals surface area contributed by atoms with Crippen molar-refractivity contribution in [3.8, 4) is 0 Å². The Hall–Kier alpha value is -1.75. The Kier molecular flexibility index (Phi) is 5.84. The van der Waals surface area contributed by atoms with E-state index in [2.05, 4.69) is 30.5 Å². The predicted molar refractivity (Wildman–Crippen MR) is 103 cm³/mol. The van der Waals surface area contributed by atoms with Crippen LogP contribution in [-0.2, 0) is 13.2 Å². The molecule has 130 valence electrons. The number of aliphatic hydroxyl groups excluding tert-OH is 1. The Balaban J connectivity index is 2.05. The number of halogens is 1. The second-order valence-corrected chi connectivity index (χ2v) is 7.66. The van der Waals surface area contributed by atoms with Gasteiger partial charge in [-0.05, 0) is 29.7 Å². The molecule has 1 N–H and O–H groups in total. The van der Waals surface area contributed by atoms with Crippen LogP contribution in [0.4, 0.5) is 0 Å². The van der Waals surface area contributed by atoms with Crippen LogP contribution < -0.4 is 0 Å². The summed E-state index contributed by atoms with van der Waals surface area (Å²) in [6.07, 6.45) is 0. The highest BCUT2D eigenvalue weighted by Gasteiger charge is 2.20. The van der Waals surface area contributed by atoms with Gasteiger partial charge in [0.05, 0.1) is 5.69 Å². The minimum atomic E-state index is -0.0807. The molecule has 0 unspecified atom stereocenters. The molecule has 0 radical (unpaired) electrons. The van der Waals surface area contributed by atoms with E-state index in [4.69, 9.17) is 16.6 Å². The lowest BCUT2D eigenvalue weighted by Crippen LogP contribution is -2.06. The fourth-order valence-electron chi connectivity index (χ4n) is 2.68. The molecule has 0 atom stereocenters. The molecule has 0 amide bonds. The maximum Gasteiger partial charge on any atom is 0.136 e. The summed E-state index contributed by atoms with van der Waals surface area (Å²) in [5.74, 6) is 0.959. The van der Waals surface area contributed by atoms with Crippen molar-refractivity contribution >= 4 is 23.4 Å². The van der Waals surface area contributed by atoms with Gasteiger partial charge in [-0.15, -0.1) is 0 Å². The SMILES string of the molecule is CC(C)c1nc(CO)n(Cc2ccccc2)c1Sc1cccc(Cl)c1. The average Bonchev–Trinajstić information content (AvgIpc) is 2.94. The van der Waals surface area contributed by atoms with Crippen molar-refractivity contribution in [3.05, 3.63) is 76.7 Å². The second kappa shape index (κ2) is 8.09. The van der Waals surface area contributed by atoms with E-state index in [9.17, 15) is 5.11 Å². The van der Waals surface area contributed by atoms with Crippen LogP contribution in [0.25, 0.3) is 0 Å². The van der Waals surface area contributed by atoms with Gasteiger partial charge in [0.2, 0.25) is 0 Å². The summed E-state index contributed by atoms with van der Waals surface area (Å²) in [5, 5.41) is 11.6. The van der Waals surface area contributed by atoms with Crippen molar-refractivity contribution in [1.29, 1.82) is 0 Å². The van der Waals surface area contributed by atoms with Gasteiger partial charge in [0.25, 0.3) is 0 Å². The quantitative estimate of drug-likeness (QED) is 0.633. The minimum absolute atomic E-state index is 0.0807. The first kappa shape index (κ1) is 18.1. The number of aliphatic hydroxyl groups is 1. The average molecular weight is 373 g/mol. The predicted octanol–water partition coefficient (Wildman–Crippen LogP) is 5.35. The van der Waals surface area contributed by atoms with Gasteiger partial charge in [0.1, 0.15) is 17.5 Å². The Morgan fingerprint density at radius 2 is 1.88 bits per heavy atom. The van der Waals surface area contributed by atoms with Gasteiger partial charge in [-0.25, -0.2) is 4.98 Å². The zero-order valence-electron chi connectivity index (χ0n) is 14.3. The molecule has 3 aromatic rings. The summed E-state index contributed by atoms with van der Waals surface area (Å²) < 4.78 is 2.11. The molecular weight excluding hydrogens is 352 g/mol. The van der Waals surface area contributed by atoms with E-state index in [-0.39, 0.29) is 12.5 Å². The van der Waals surface area contributed by atoms with Crippen molar-refractivity contribution in [2.24, 2.45) is 0 Å². The van der Waals surface area contributed by atoms with Gasteiger partial charge >= 0.3 is 0 Å². The molecule has 3 nitrogen and oxygen atoms in total. The van der Waals surface area contributed by atoms with Gasteiger partial charge < -0.3 is 9.67 Å². The highest BCUT2D eigenvalue weighted by molar-refractivity contribution is 7.99. The van der Waals surface area contributed by atoms with Crippen molar-refractivity contribution in [2.75, 3.05) is 0 Å². The van der Waals surface area contributed by atoms with E-state index in [0.29, 0.717) is 17.4 Å². The number of benzene rings is 2. The largest absolute Gasteiger partial charge is 0.388 e. The second-order valence-electron chi connectivity index (χ2n) is 6.16. The normalized spacial score (nSPS) is 11.2. The van der Waals surface area contributed by atoms with Crippen LogP contribution in [0.5, 0.6) is 0 Å². The maximum atomic E-state index is 9.81. The third-order valence-electron chi connectivity index (χ3n) is 3.91. The van der Waals surface area contributed by atoms with Crippen LogP contribution in [0, 0.1) is 0 Å². The molecule has 3 rings (SSSR count). The molecule has 1 aromatic heterocycles. The summed E-state index contributed by atoms with van der Waals surface area (Å²) in [5.41, 5.74) is 2.18. The van der Waals surface area contributed by atoms with E-state index >= 15 is 0 Å². The van der Waals surface area contributed by atoms with E-state index in [1.807, 2.05) is 42.5 Å². The molecule has 25 heavy (non-hydrogen) atoms. The van der Waals surface area contributed by atoms with Crippen molar-refractivity contribution < 1.29 is 5.11 Å². The van der Waals surface area contributed by atoms with Crippen LogP contribution in [0.15, 0.2) is 64.5 Å². The van der Waals surface area contributed by atoms with Gasteiger partial charge in [0, 0.05) is 16.5 Å². The van der Waals surface area contributed by atoms with E-state index in [0.717, 1.165) is 15.6 Å². The third kappa shape index (κ3) is 4.27. The topological polar surface area (TPSA) is 38.1 Å². The molecule has 5 heteroatoms. The Bertz CT molecular complexity index is 846. The molecule has 0 bridgehead atoms. The zero-order chi connectivity index (χ0) is 17.8. The fourth-order valence-corrected chi connectivity index (χ4v) is 4.15. The van der Waals surface area contributed by atoms with Gasteiger partial charge in [-0.3, -0.25) is 0 Å². The van der Waals surface area contributed by atoms with Crippen molar-refractivity contribution in [3.63, 3.8) is 0 Å². The third-order valence-corrected chi connectivity index (χ3v) is 5.26. The first-order chi connectivity index (χ1) is 12.1. The Morgan fingerprint density at radius 1 is 1.12 bits per heavy atom. The molecular formula is C20H21ClN2OS. The monoisotopic (exact) mass is 372 g/mol. The summed E-state index contributed by atoms with van der Waals surface area (Å²) in [7, 11) is 0. The molecule has 2 aromatic carbocycles. The van der Waals surface area contributed by atoms with Crippen LogP contribution in [0.2, 0.25) is 5.02 Å². The molecule has 0 aliphatic heterocycles. The lowest BCUT2D eigenvalue weighted by atomic mass is 10.1. The first-order valence-electron chi connectivity index (χ1n) is 8.26. The van der Waals surface area contributed by atoms with Crippen molar-refractivity contribution in [2.45, 2.75) is 42.8 Å². The lowest BCUT2D eigenvalue weighted by molar-refractivity contribution is 0.265. The Labute approximate surface area is 157 Å². The number of rotatable bonds is 6. The first-order valence-corrected chi connectivity index (χ1v) is 9.45. The molecule has 0 aliphatic rings. The number of hydrogen-bond donors (Lipinski definition) is 1. The van der Waals surface area contributed by atoms with Crippen LogP contribution in [-0.4, -0.2) is 14.7 Å². The number of hydrogen-bond acceptors (Lipinski definition) is 3. The van der Waals surface area contributed by atoms with E-state index < -0.39 is 0 Å². The number of nitrogens with zero attached hydrogens (tertiary/aromatic N) is 2. The van der Waals surface area contributed by atoms with Crippen molar-refractivity contribution in [1.82, 2.24) is 9.55 Å². The van der Waals surface area contributed by atoms with Crippen LogP contribution in [0.3, 0.4) is 0 Å². The van der Waals surface area contributed by atoms with Gasteiger partial charge in [-0.1, -0.05) is 73.6 Å². The summed E-state index contributed by atoms with van der Waals surface area (Å²) in [6.45, 7) is 4.85. The van der Waals surface area contributed by atoms with E-state index in [1.165, 1.54) is 5.56 Å². The van der Waals surface area contributed by atoms with Gasteiger partial charge in [0.15, 0.2) is 0 Å². The zero-order valence-corrected chi connectivity index (χ0v) is 15.9. The molecule has 0 spiro atoms. The maximum absolute atomic E-state index is 9.81. The molecule has 0 fully saturated rings. The molecule has 1 heterocycles.